The Morgan fingerprint density at radius 1 is 1.19 bits per heavy atom. The van der Waals surface area contributed by atoms with E-state index in [-0.39, 0.29) is 5.41 Å². The van der Waals surface area contributed by atoms with Gasteiger partial charge in [-0.1, -0.05) is 50.9 Å². The number of rotatable bonds is 6. The first-order valence-electron chi connectivity index (χ1n) is 7.44. The van der Waals surface area contributed by atoms with E-state index < -0.39 is 6.10 Å². The zero-order valence-electron chi connectivity index (χ0n) is 13.5. The molecule has 0 aromatic heterocycles. The molecule has 1 aromatic carbocycles. The van der Waals surface area contributed by atoms with Gasteiger partial charge in [0.05, 0.1) is 22.8 Å². The smallest absolute Gasteiger partial charge is 0.139 e. The molecule has 2 unspecified atom stereocenters. The van der Waals surface area contributed by atoms with E-state index in [1.807, 2.05) is 6.92 Å². The summed E-state index contributed by atoms with van der Waals surface area (Å²) in [5.74, 6) is 0.962. The zero-order chi connectivity index (χ0) is 16.2. The van der Waals surface area contributed by atoms with Crippen molar-refractivity contribution >= 4 is 23.2 Å². The summed E-state index contributed by atoms with van der Waals surface area (Å²) in [6.45, 7) is 11.2. The molecule has 4 heteroatoms. The van der Waals surface area contributed by atoms with Crippen LogP contribution in [0.2, 0.25) is 10.0 Å². The Morgan fingerprint density at radius 3 is 2.33 bits per heavy atom. The third-order valence-corrected chi connectivity index (χ3v) is 3.92. The van der Waals surface area contributed by atoms with Gasteiger partial charge in [-0.2, -0.15) is 0 Å². The molecular weight excluding hydrogens is 307 g/mol. The normalized spacial score (nSPS) is 14.9. The highest BCUT2D eigenvalue weighted by atomic mass is 35.5. The molecule has 21 heavy (non-hydrogen) atoms. The van der Waals surface area contributed by atoms with E-state index in [4.69, 9.17) is 27.9 Å². The van der Waals surface area contributed by atoms with Gasteiger partial charge in [0, 0.05) is 11.6 Å². The Balaban J connectivity index is 2.83. The fourth-order valence-electron chi connectivity index (χ4n) is 2.70. The van der Waals surface area contributed by atoms with Crippen molar-refractivity contribution in [2.45, 2.75) is 53.6 Å². The van der Waals surface area contributed by atoms with Gasteiger partial charge < -0.3 is 9.84 Å². The molecule has 1 rings (SSSR count). The van der Waals surface area contributed by atoms with Gasteiger partial charge in [0.2, 0.25) is 0 Å². The van der Waals surface area contributed by atoms with Gasteiger partial charge in [0.15, 0.2) is 0 Å². The van der Waals surface area contributed by atoms with Gasteiger partial charge in [0.25, 0.3) is 0 Å². The van der Waals surface area contributed by atoms with Crippen LogP contribution in [0, 0.1) is 11.3 Å². The number of benzene rings is 1. The van der Waals surface area contributed by atoms with Crippen molar-refractivity contribution in [1.29, 1.82) is 0 Å². The summed E-state index contributed by atoms with van der Waals surface area (Å²) in [6, 6.07) is 3.39. The average Bonchev–Trinajstić information content (AvgIpc) is 2.30. The second kappa shape index (κ2) is 7.71. The maximum absolute atomic E-state index is 10.4. The third-order valence-electron chi connectivity index (χ3n) is 3.30. The summed E-state index contributed by atoms with van der Waals surface area (Å²) in [5.41, 5.74) is 0.922. The first-order chi connectivity index (χ1) is 9.64. The second-order valence-electron chi connectivity index (χ2n) is 6.86. The maximum Gasteiger partial charge on any atom is 0.139 e. The molecule has 0 saturated heterocycles. The monoisotopic (exact) mass is 332 g/mol. The van der Waals surface area contributed by atoms with Crippen molar-refractivity contribution in [1.82, 2.24) is 0 Å². The van der Waals surface area contributed by atoms with Crippen LogP contribution in [0.3, 0.4) is 0 Å². The van der Waals surface area contributed by atoms with Gasteiger partial charge in [-0.05, 0) is 37.2 Å². The fourth-order valence-corrected chi connectivity index (χ4v) is 3.21. The molecule has 0 saturated carbocycles. The summed E-state index contributed by atoms with van der Waals surface area (Å²) >= 11 is 12.4. The van der Waals surface area contributed by atoms with Crippen molar-refractivity contribution in [3.63, 3.8) is 0 Å². The van der Waals surface area contributed by atoms with Gasteiger partial charge in [0.1, 0.15) is 5.75 Å². The standard InChI is InChI=1S/C17H26Cl2O2/c1-6-21-16-9-13(18)12(8-14(16)19)15(20)7-11(2)10-17(3,4)5/h8-9,11,15,20H,6-7,10H2,1-5H3. The molecule has 2 nitrogen and oxygen atoms in total. The Labute approximate surface area is 138 Å². The van der Waals surface area contributed by atoms with E-state index >= 15 is 0 Å². The molecule has 1 aromatic rings. The van der Waals surface area contributed by atoms with E-state index in [9.17, 15) is 5.11 Å². The first kappa shape index (κ1) is 18.6. The van der Waals surface area contributed by atoms with Gasteiger partial charge >= 0.3 is 0 Å². The lowest BCUT2D eigenvalue weighted by atomic mass is 9.82. The molecule has 120 valence electrons. The van der Waals surface area contributed by atoms with E-state index in [0.717, 1.165) is 6.42 Å². The van der Waals surface area contributed by atoms with Crippen LogP contribution in [-0.4, -0.2) is 11.7 Å². The predicted octanol–water partition coefficient (Wildman–Crippen LogP) is 5.89. The Morgan fingerprint density at radius 2 is 1.81 bits per heavy atom. The molecule has 1 N–H and O–H groups in total. The van der Waals surface area contributed by atoms with Crippen molar-refractivity contribution in [2.24, 2.45) is 11.3 Å². The average molecular weight is 333 g/mol. The topological polar surface area (TPSA) is 29.5 Å². The molecule has 0 bridgehead atoms. The van der Waals surface area contributed by atoms with Crippen LogP contribution < -0.4 is 4.74 Å². The van der Waals surface area contributed by atoms with Crippen LogP contribution in [0.25, 0.3) is 0 Å². The minimum absolute atomic E-state index is 0.249. The van der Waals surface area contributed by atoms with Crippen LogP contribution in [-0.2, 0) is 0 Å². The molecule has 0 fully saturated rings. The predicted molar refractivity (Wildman–Crippen MR) is 90.4 cm³/mol. The first-order valence-corrected chi connectivity index (χ1v) is 8.19. The van der Waals surface area contributed by atoms with Crippen LogP contribution >= 0.6 is 23.2 Å². The molecule has 0 aliphatic carbocycles. The summed E-state index contributed by atoms with van der Waals surface area (Å²) in [6.07, 6.45) is 1.11. The quantitative estimate of drug-likeness (QED) is 0.703. The van der Waals surface area contributed by atoms with Crippen molar-refractivity contribution < 1.29 is 9.84 Å². The molecule has 0 aliphatic rings. The number of hydrogen-bond donors (Lipinski definition) is 1. The number of aliphatic hydroxyl groups is 1. The summed E-state index contributed by atoms with van der Waals surface area (Å²) in [5, 5.41) is 11.4. The van der Waals surface area contributed by atoms with Crippen LogP contribution in [0.1, 0.15) is 59.1 Å². The lowest BCUT2D eigenvalue weighted by Gasteiger charge is -2.25. The van der Waals surface area contributed by atoms with E-state index in [2.05, 4.69) is 27.7 Å². The molecule has 0 spiro atoms. The summed E-state index contributed by atoms with van der Waals surface area (Å²) in [4.78, 5) is 0. The number of halogens is 2. The largest absolute Gasteiger partial charge is 0.492 e. The Hall–Kier alpha value is -0.440. The van der Waals surface area contributed by atoms with Crippen LogP contribution in [0.4, 0.5) is 0 Å². The lowest BCUT2D eigenvalue weighted by molar-refractivity contribution is 0.134. The van der Waals surface area contributed by atoms with E-state index in [0.29, 0.717) is 40.3 Å². The Kier molecular flexibility index (Phi) is 6.83. The highest BCUT2D eigenvalue weighted by molar-refractivity contribution is 6.34. The number of hydrogen-bond acceptors (Lipinski definition) is 2. The molecule has 0 radical (unpaired) electrons. The van der Waals surface area contributed by atoms with Crippen molar-refractivity contribution in [2.75, 3.05) is 6.61 Å². The third kappa shape index (κ3) is 6.06. The summed E-state index contributed by atoms with van der Waals surface area (Å²) < 4.78 is 5.40. The summed E-state index contributed by atoms with van der Waals surface area (Å²) in [7, 11) is 0. The lowest BCUT2D eigenvalue weighted by Crippen LogP contribution is -2.14. The van der Waals surface area contributed by atoms with Gasteiger partial charge in [-0.25, -0.2) is 0 Å². The SMILES string of the molecule is CCOc1cc(Cl)c(C(O)CC(C)CC(C)(C)C)cc1Cl. The van der Waals surface area contributed by atoms with E-state index in [1.165, 1.54) is 0 Å². The highest BCUT2D eigenvalue weighted by Gasteiger charge is 2.21. The molecule has 0 aliphatic heterocycles. The fraction of sp³-hybridized carbons (Fsp3) is 0.647. The molecular formula is C17H26Cl2O2. The second-order valence-corrected chi connectivity index (χ2v) is 7.67. The highest BCUT2D eigenvalue weighted by Crippen LogP contribution is 2.37. The molecule has 0 heterocycles. The molecule has 2 atom stereocenters. The van der Waals surface area contributed by atoms with Crippen molar-refractivity contribution in [3.05, 3.63) is 27.7 Å². The van der Waals surface area contributed by atoms with Crippen LogP contribution in [0.5, 0.6) is 5.75 Å². The van der Waals surface area contributed by atoms with E-state index in [1.54, 1.807) is 12.1 Å². The van der Waals surface area contributed by atoms with Gasteiger partial charge in [-0.3, -0.25) is 0 Å². The van der Waals surface area contributed by atoms with Gasteiger partial charge in [-0.15, -0.1) is 0 Å². The number of aliphatic hydroxyl groups excluding tert-OH is 1. The number of ether oxygens (including phenoxy) is 1. The maximum atomic E-state index is 10.4. The zero-order valence-corrected chi connectivity index (χ0v) is 15.1. The Bertz CT molecular complexity index is 467. The minimum atomic E-state index is -0.608. The molecule has 0 amide bonds. The van der Waals surface area contributed by atoms with Crippen LogP contribution in [0.15, 0.2) is 12.1 Å². The minimum Gasteiger partial charge on any atom is -0.492 e. The van der Waals surface area contributed by atoms with Crippen molar-refractivity contribution in [3.8, 4) is 5.75 Å².